The van der Waals surface area contributed by atoms with E-state index in [1.165, 1.54) is 44.9 Å². The van der Waals surface area contributed by atoms with Crippen LogP contribution in [0.2, 0.25) is 0 Å². The van der Waals surface area contributed by atoms with Crippen molar-refractivity contribution in [2.75, 3.05) is 0 Å². The average molecular weight is 405 g/mol. The van der Waals surface area contributed by atoms with Crippen LogP contribution in [0.15, 0.2) is 0 Å². The predicted molar refractivity (Wildman–Crippen MR) is 122 cm³/mol. The summed E-state index contributed by atoms with van der Waals surface area (Å²) in [5.41, 5.74) is 0.997. The molecule has 4 saturated carbocycles. The van der Waals surface area contributed by atoms with Gasteiger partial charge < -0.3 is 9.90 Å². The average Bonchev–Trinajstić information content (AvgIpc) is 3.05. The third-order valence-electron chi connectivity index (χ3n) is 10.4. The monoisotopic (exact) mass is 404 g/mol. The summed E-state index contributed by atoms with van der Waals surface area (Å²) in [5.74, 6) is 5.36. The molecule has 0 spiro atoms. The van der Waals surface area contributed by atoms with Crippen LogP contribution in [0.25, 0.3) is 0 Å². The van der Waals surface area contributed by atoms with Crippen LogP contribution in [0.3, 0.4) is 0 Å². The van der Waals surface area contributed by atoms with Crippen LogP contribution in [-0.2, 0) is 4.79 Å². The topological polar surface area (TPSA) is 37.3 Å². The van der Waals surface area contributed by atoms with E-state index in [-0.39, 0.29) is 6.10 Å². The Morgan fingerprint density at radius 1 is 0.966 bits per heavy atom. The highest BCUT2D eigenvalue weighted by Gasteiger charge is 2.60. The minimum Gasteiger partial charge on any atom is -0.393 e. The Balaban J connectivity index is 0.00000117. The number of ketones is 1. The SMILES string of the molecule is CC.CC(=O)CCC(C)C1CCC2C3CCC4CC(O)CCC4(C)C3CCC12C. The quantitative estimate of drug-likeness (QED) is 0.545. The van der Waals surface area contributed by atoms with Gasteiger partial charge in [0.2, 0.25) is 0 Å². The van der Waals surface area contributed by atoms with Gasteiger partial charge in [-0.3, -0.25) is 0 Å². The van der Waals surface area contributed by atoms with E-state index >= 15 is 0 Å². The number of aliphatic hydroxyl groups is 1. The van der Waals surface area contributed by atoms with Crippen LogP contribution >= 0.6 is 0 Å². The molecule has 2 heteroatoms. The summed E-state index contributed by atoms with van der Waals surface area (Å²) in [7, 11) is 0. The van der Waals surface area contributed by atoms with E-state index in [1.807, 2.05) is 13.8 Å². The van der Waals surface area contributed by atoms with Crippen LogP contribution in [0, 0.1) is 46.3 Å². The summed E-state index contributed by atoms with van der Waals surface area (Å²) in [4.78, 5) is 11.5. The van der Waals surface area contributed by atoms with E-state index in [2.05, 4.69) is 20.8 Å². The first-order valence-electron chi connectivity index (χ1n) is 12.9. The Bertz CT molecular complexity index is 571. The van der Waals surface area contributed by atoms with Gasteiger partial charge in [0.25, 0.3) is 0 Å². The lowest BCUT2D eigenvalue weighted by atomic mass is 9.44. The van der Waals surface area contributed by atoms with Crippen molar-refractivity contribution in [1.29, 1.82) is 0 Å². The van der Waals surface area contributed by atoms with Crippen LogP contribution in [0.5, 0.6) is 0 Å². The minimum atomic E-state index is -0.0357. The third-order valence-corrected chi connectivity index (χ3v) is 10.4. The highest BCUT2D eigenvalue weighted by Crippen LogP contribution is 2.68. The summed E-state index contributed by atoms with van der Waals surface area (Å²) in [6.07, 6.45) is 13.6. The molecule has 0 heterocycles. The molecule has 0 aliphatic heterocycles. The summed E-state index contributed by atoms with van der Waals surface area (Å²) < 4.78 is 0. The molecule has 29 heavy (non-hydrogen) atoms. The fraction of sp³-hybridized carbons (Fsp3) is 0.963. The fourth-order valence-electron chi connectivity index (χ4n) is 8.84. The first-order chi connectivity index (χ1) is 13.8. The van der Waals surface area contributed by atoms with E-state index in [0.29, 0.717) is 22.5 Å². The zero-order valence-corrected chi connectivity index (χ0v) is 20.2. The van der Waals surface area contributed by atoms with Crippen molar-refractivity contribution in [1.82, 2.24) is 0 Å². The highest BCUT2D eigenvalue weighted by atomic mass is 16.3. The van der Waals surface area contributed by atoms with Crippen LogP contribution in [0.4, 0.5) is 0 Å². The van der Waals surface area contributed by atoms with Crippen molar-refractivity contribution in [2.24, 2.45) is 46.3 Å². The van der Waals surface area contributed by atoms with Gasteiger partial charge >= 0.3 is 0 Å². The largest absolute Gasteiger partial charge is 0.393 e. The summed E-state index contributed by atoms with van der Waals surface area (Å²) in [6.45, 7) is 13.4. The van der Waals surface area contributed by atoms with Gasteiger partial charge in [-0.25, -0.2) is 0 Å². The van der Waals surface area contributed by atoms with Crippen LogP contribution in [0.1, 0.15) is 112 Å². The third kappa shape index (κ3) is 4.09. The second-order valence-electron chi connectivity index (χ2n) is 11.5. The number of rotatable bonds is 4. The number of hydrogen-bond donors (Lipinski definition) is 1. The molecule has 0 bridgehead atoms. The first kappa shape index (κ1) is 23.3. The standard InChI is InChI=1S/C25H42O2.C2H6/c1-16(5-6-17(2)26)21-9-10-22-20-8-7-18-15-19(27)11-13-24(18,3)23(20)12-14-25(21,22)4;1-2/h16,18-23,27H,5-15H2,1-4H3;1-2H3. The summed E-state index contributed by atoms with van der Waals surface area (Å²) >= 11 is 0. The molecule has 0 saturated heterocycles. The van der Waals surface area contributed by atoms with Crippen molar-refractivity contribution in [3.05, 3.63) is 0 Å². The van der Waals surface area contributed by atoms with Crippen molar-refractivity contribution in [3.8, 4) is 0 Å². The maximum atomic E-state index is 11.5. The summed E-state index contributed by atoms with van der Waals surface area (Å²) in [6, 6.07) is 0. The van der Waals surface area contributed by atoms with E-state index in [9.17, 15) is 9.90 Å². The fourth-order valence-corrected chi connectivity index (χ4v) is 8.84. The van der Waals surface area contributed by atoms with Crippen LogP contribution in [-0.4, -0.2) is 17.0 Å². The zero-order valence-electron chi connectivity index (χ0n) is 20.2. The molecule has 2 nitrogen and oxygen atoms in total. The minimum absolute atomic E-state index is 0.0357. The van der Waals surface area contributed by atoms with Gasteiger partial charge in [-0.1, -0.05) is 34.6 Å². The normalized spacial score (nSPS) is 47.1. The molecule has 9 atom stereocenters. The van der Waals surface area contributed by atoms with Crippen molar-refractivity contribution in [2.45, 2.75) is 118 Å². The molecule has 0 amide bonds. The van der Waals surface area contributed by atoms with Gasteiger partial charge in [0.1, 0.15) is 5.78 Å². The highest BCUT2D eigenvalue weighted by molar-refractivity contribution is 5.75. The lowest BCUT2D eigenvalue weighted by molar-refractivity contribution is -0.129. The van der Waals surface area contributed by atoms with Gasteiger partial charge in [0.05, 0.1) is 6.10 Å². The molecular weight excluding hydrogens is 356 g/mol. The molecule has 9 unspecified atom stereocenters. The summed E-state index contributed by atoms with van der Waals surface area (Å²) in [5, 5.41) is 10.2. The maximum Gasteiger partial charge on any atom is 0.129 e. The molecule has 4 aliphatic carbocycles. The molecule has 1 N–H and O–H groups in total. The smallest absolute Gasteiger partial charge is 0.129 e. The Hall–Kier alpha value is -0.370. The Kier molecular flexibility index (Phi) is 7.24. The molecule has 0 aromatic heterocycles. The molecule has 0 aromatic carbocycles. The number of aliphatic hydroxyl groups excluding tert-OH is 1. The molecule has 0 aromatic rings. The Labute approximate surface area is 180 Å². The lowest BCUT2D eigenvalue weighted by Crippen LogP contribution is -2.54. The number of fused-ring (bicyclic) bond motifs is 5. The lowest BCUT2D eigenvalue weighted by Gasteiger charge is -2.61. The van der Waals surface area contributed by atoms with Gasteiger partial charge in [0.15, 0.2) is 0 Å². The van der Waals surface area contributed by atoms with Gasteiger partial charge in [0, 0.05) is 6.42 Å². The molecule has 4 fully saturated rings. The van der Waals surface area contributed by atoms with E-state index in [0.717, 1.165) is 55.3 Å². The number of carbonyl (C=O) groups excluding carboxylic acids is 1. The second kappa shape index (κ2) is 9.01. The maximum absolute atomic E-state index is 11.5. The number of carbonyl (C=O) groups is 1. The molecule has 168 valence electrons. The van der Waals surface area contributed by atoms with E-state index in [1.54, 1.807) is 6.92 Å². The van der Waals surface area contributed by atoms with Gasteiger partial charge in [-0.05, 0) is 117 Å². The Morgan fingerprint density at radius 2 is 1.62 bits per heavy atom. The van der Waals surface area contributed by atoms with Crippen molar-refractivity contribution < 1.29 is 9.90 Å². The van der Waals surface area contributed by atoms with Crippen molar-refractivity contribution in [3.63, 3.8) is 0 Å². The molecule has 4 aliphatic rings. The Morgan fingerprint density at radius 3 is 2.31 bits per heavy atom. The van der Waals surface area contributed by atoms with E-state index < -0.39 is 0 Å². The predicted octanol–water partition coefficient (Wildman–Crippen LogP) is 7.04. The van der Waals surface area contributed by atoms with E-state index in [4.69, 9.17) is 0 Å². The zero-order chi connectivity index (χ0) is 21.4. The first-order valence-corrected chi connectivity index (χ1v) is 12.9. The van der Waals surface area contributed by atoms with Crippen LogP contribution < -0.4 is 0 Å². The van der Waals surface area contributed by atoms with Crippen molar-refractivity contribution >= 4 is 5.78 Å². The number of hydrogen-bond acceptors (Lipinski definition) is 2. The second-order valence-corrected chi connectivity index (χ2v) is 11.5. The molecule has 4 rings (SSSR count). The van der Waals surface area contributed by atoms with Gasteiger partial charge in [-0.2, -0.15) is 0 Å². The molecular formula is C27H48O2. The number of Topliss-reactive ketones (excluding diaryl/α,β-unsaturated/α-hetero) is 1. The molecule has 0 radical (unpaired) electrons. The van der Waals surface area contributed by atoms with Gasteiger partial charge in [-0.15, -0.1) is 0 Å².